The van der Waals surface area contributed by atoms with E-state index in [9.17, 15) is 4.79 Å². The van der Waals surface area contributed by atoms with Crippen LogP contribution in [0, 0.1) is 0 Å². The predicted octanol–water partition coefficient (Wildman–Crippen LogP) is 3.69. The number of thioether (sulfide) groups is 1. The molecule has 4 nitrogen and oxygen atoms in total. The van der Waals surface area contributed by atoms with E-state index in [0.29, 0.717) is 23.7 Å². The Labute approximate surface area is 163 Å². The summed E-state index contributed by atoms with van der Waals surface area (Å²) in [6.07, 6.45) is 1.96. The molecule has 1 aliphatic rings. The molecule has 0 spiro atoms. The molecule has 0 bridgehead atoms. The van der Waals surface area contributed by atoms with Crippen molar-refractivity contribution in [3.05, 3.63) is 64.7 Å². The Bertz CT molecular complexity index is 742. The van der Waals surface area contributed by atoms with Crippen LogP contribution in [0.2, 0.25) is 5.02 Å². The molecule has 2 aromatic rings. The SMILES string of the molecule is CSc1ccc(Cl)c(C(=O)NCC2CN(Cc3ccccc3)CCO2)c1. The monoisotopic (exact) mass is 390 g/mol. The first kappa shape index (κ1) is 19.2. The van der Waals surface area contributed by atoms with Crippen molar-refractivity contribution in [1.29, 1.82) is 0 Å². The summed E-state index contributed by atoms with van der Waals surface area (Å²) in [5, 5.41) is 3.43. The largest absolute Gasteiger partial charge is 0.374 e. The van der Waals surface area contributed by atoms with Crippen LogP contribution in [0.1, 0.15) is 15.9 Å². The number of hydrogen-bond acceptors (Lipinski definition) is 4. The molecule has 1 unspecified atom stereocenters. The maximum Gasteiger partial charge on any atom is 0.252 e. The number of nitrogens with zero attached hydrogens (tertiary/aromatic N) is 1. The first-order valence-electron chi connectivity index (χ1n) is 8.65. The highest BCUT2D eigenvalue weighted by Gasteiger charge is 2.21. The lowest BCUT2D eigenvalue weighted by atomic mass is 10.1. The Kier molecular flexibility index (Phi) is 6.97. The Balaban J connectivity index is 1.53. The third-order valence-electron chi connectivity index (χ3n) is 4.38. The topological polar surface area (TPSA) is 41.6 Å². The fourth-order valence-electron chi connectivity index (χ4n) is 3.00. The molecule has 2 aromatic carbocycles. The molecule has 0 saturated carbocycles. The van der Waals surface area contributed by atoms with Gasteiger partial charge in [-0.1, -0.05) is 41.9 Å². The van der Waals surface area contributed by atoms with Gasteiger partial charge in [0.2, 0.25) is 0 Å². The van der Waals surface area contributed by atoms with Crippen molar-refractivity contribution in [1.82, 2.24) is 10.2 Å². The fourth-order valence-corrected chi connectivity index (χ4v) is 3.64. The lowest BCUT2D eigenvalue weighted by Gasteiger charge is -2.33. The Morgan fingerprint density at radius 2 is 2.12 bits per heavy atom. The Morgan fingerprint density at radius 1 is 1.31 bits per heavy atom. The van der Waals surface area contributed by atoms with Gasteiger partial charge in [-0.2, -0.15) is 0 Å². The molecule has 1 N–H and O–H groups in total. The van der Waals surface area contributed by atoms with Crippen LogP contribution in [-0.2, 0) is 11.3 Å². The van der Waals surface area contributed by atoms with E-state index >= 15 is 0 Å². The number of nitrogens with one attached hydrogen (secondary N) is 1. The van der Waals surface area contributed by atoms with Crippen molar-refractivity contribution in [2.75, 3.05) is 32.5 Å². The average Bonchev–Trinajstić information content (AvgIpc) is 2.67. The zero-order chi connectivity index (χ0) is 18.4. The smallest absolute Gasteiger partial charge is 0.252 e. The molecule has 1 amide bonds. The van der Waals surface area contributed by atoms with Gasteiger partial charge in [0.15, 0.2) is 0 Å². The van der Waals surface area contributed by atoms with Crippen molar-refractivity contribution in [3.8, 4) is 0 Å². The summed E-state index contributed by atoms with van der Waals surface area (Å²) < 4.78 is 5.81. The van der Waals surface area contributed by atoms with E-state index in [2.05, 4.69) is 34.5 Å². The van der Waals surface area contributed by atoms with Gasteiger partial charge in [-0.15, -0.1) is 11.8 Å². The zero-order valence-corrected chi connectivity index (χ0v) is 16.4. The van der Waals surface area contributed by atoms with Crippen LogP contribution in [0.15, 0.2) is 53.4 Å². The lowest BCUT2D eigenvalue weighted by Crippen LogP contribution is -2.47. The number of morpholine rings is 1. The van der Waals surface area contributed by atoms with E-state index < -0.39 is 0 Å². The highest BCUT2D eigenvalue weighted by Crippen LogP contribution is 2.23. The molecule has 0 aromatic heterocycles. The molecule has 1 fully saturated rings. The van der Waals surface area contributed by atoms with Crippen LogP contribution < -0.4 is 5.32 Å². The van der Waals surface area contributed by atoms with E-state index in [1.54, 1.807) is 17.8 Å². The molecule has 6 heteroatoms. The maximum atomic E-state index is 12.5. The van der Waals surface area contributed by atoms with Crippen LogP contribution in [0.4, 0.5) is 0 Å². The highest BCUT2D eigenvalue weighted by molar-refractivity contribution is 7.98. The summed E-state index contributed by atoms with van der Waals surface area (Å²) in [5.41, 5.74) is 1.80. The molecular weight excluding hydrogens is 368 g/mol. The Morgan fingerprint density at radius 3 is 2.88 bits per heavy atom. The van der Waals surface area contributed by atoms with E-state index in [4.69, 9.17) is 16.3 Å². The predicted molar refractivity (Wildman–Crippen MR) is 107 cm³/mol. The lowest BCUT2D eigenvalue weighted by molar-refractivity contribution is -0.0292. The standard InChI is InChI=1S/C20H23ClN2O2S/c1-26-17-7-8-19(21)18(11-17)20(24)22-12-16-14-23(9-10-25-16)13-15-5-3-2-4-6-15/h2-8,11,16H,9-10,12-14H2,1H3,(H,22,24). The molecule has 0 radical (unpaired) electrons. The van der Waals surface area contributed by atoms with Crippen LogP contribution in [0.5, 0.6) is 0 Å². The van der Waals surface area contributed by atoms with Crippen LogP contribution in [0.25, 0.3) is 0 Å². The van der Waals surface area contributed by atoms with E-state index in [0.717, 1.165) is 24.5 Å². The number of carbonyl (C=O) groups is 1. The zero-order valence-electron chi connectivity index (χ0n) is 14.8. The number of rotatable bonds is 6. The summed E-state index contributed by atoms with van der Waals surface area (Å²) >= 11 is 7.76. The molecule has 1 heterocycles. The molecule has 1 aliphatic heterocycles. The minimum atomic E-state index is -0.158. The Hall–Kier alpha value is -1.53. The highest BCUT2D eigenvalue weighted by atomic mass is 35.5. The molecule has 1 atom stereocenters. The van der Waals surface area contributed by atoms with E-state index in [1.165, 1.54) is 5.56 Å². The third kappa shape index (κ3) is 5.24. The summed E-state index contributed by atoms with van der Waals surface area (Å²) in [4.78, 5) is 15.8. The second-order valence-electron chi connectivity index (χ2n) is 6.27. The van der Waals surface area contributed by atoms with Crippen LogP contribution >= 0.6 is 23.4 Å². The van der Waals surface area contributed by atoms with Gasteiger partial charge in [0, 0.05) is 31.1 Å². The van der Waals surface area contributed by atoms with Gasteiger partial charge in [-0.05, 0) is 30.0 Å². The second kappa shape index (κ2) is 9.42. The minimum absolute atomic E-state index is 0.0149. The van der Waals surface area contributed by atoms with Gasteiger partial charge in [0.05, 0.1) is 23.3 Å². The van der Waals surface area contributed by atoms with E-state index in [1.807, 2.05) is 24.5 Å². The summed E-state index contributed by atoms with van der Waals surface area (Å²) in [5.74, 6) is -0.158. The van der Waals surface area contributed by atoms with Crippen LogP contribution in [-0.4, -0.2) is 49.4 Å². The number of carbonyl (C=O) groups excluding carboxylic acids is 1. The first-order valence-corrected chi connectivity index (χ1v) is 10.3. The minimum Gasteiger partial charge on any atom is -0.374 e. The number of hydrogen-bond donors (Lipinski definition) is 1. The average molecular weight is 391 g/mol. The van der Waals surface area contributed by atoms with Crippen molar-refractivity contribution in [2.45, 2.75) is 17.5 Å². The molecule has 26 heavy (non-hydrogen) atoms. The van der Waals surface area contributed by atoms with Gasteiger partial charge in [0.1, 0.15) is 0 Å². The van der Waals surface area contributed by atoms with Crippen molar-refractivity contribution < 1.29 is 9.53 Å². The number of halogens is 1. The fraction of sp³-hybridized carbons (Fsp3) is 0.350. The molecule has 3 rings (SSSR count). The maximum absolute atomic E-state index is 12.5. The molecule has 138 valence electrons. The van der Waals surface area contributed by atoms with Crippen LogP contribution in [0.3, 0.4) is 0 Å². The molecule has 1 saturated heterocycles. The van der Waals surface area contributed by atoms with Crippen molar-refractivity contribution in [2.24, 2.45) is 0 Å². The quantitative estimate of drug-likeness (QED) is 0.764. The summed E-state index contributed by atoms with van der Waals surface area (Å²) in [6, 6.07) is 15.9. The van der Waals surface area contributed by atoms with E-state index in [-0.39, 0.29) is 12.0 Å². The second-order valence-corrected chi connectivity index (χ2v) is 7.56. The normalized spacial score (nSPS) is 17.8. The number of benzene rings is 2. The van der Waals surface area contributed by atoms with Gasteiger partial charge < -0.3 is 10.1 Å². The van der Waals surface area contributed by atoms with Gasteiger partial charge in [-0.3, -0.25) is 9.69 Å². The van der Waals surface area contributed by atoms with Crippen molar-refractivity contribution >= 4 is 29.3 Å². The molecular formula is C20H23ClN2O2S. The van der Waals surface area contributed by atoms with Gasteiger partial charge in [0.25, 0.3) is 5.91 Å². The summed E-state index contributed by atoms with van der Waals surface area (Å²) in [6.45, 7) is 3.75. The number of amides is 1. The van der Waals surface area contributed by atoms with Crippen molar-refractivity contribution in [3.63, 3.8) is 0 Å². The number of ether oxygens (including phenoxy) is 1. The van der Waals surface area contributed by atoms with Gasteiger partial charge >= 0.3 is 0 Å². The first-order chi connectivity index (χ1) is 12.7. The van der Waals surface area contributed by atoms with Gasteiger partial charge in [-0.25, -0.2) is 0 Å². The molecule has 0 aliphatic carbocycles. The third-order valence-corrected chi connectivity index (χ3v) is 5.44. The summed E-state index contributed by atoms with van der Waals surface area (Å²) in [7, 11) is 0.